The van der Waals surface area contributed by atoms with Crippen LogP contribution in [0.4, 0.5) is 5.69 Å². The number of thioether (sulfide) groups is 2. The number of aryl methyl sites for hydroxylation is 2. The number of carbonyl (C=O) groups is 1. The monoisotopic (exact) mass is 452 g/mol. The maximum atomic E-state index is 13.0. The van der Waals surface area contributed by atoms with E-state index in [0.29, 0.717) is 16.7 Å². The second-order valence-corrected chi connectivity index (χ2v) is 9.40. The molecule has 0 N–H and O–H groups in total. The SMILES string of the molecule is CCSc1nnc2c(n1)O[C@H](c1ccc(SC)cc1)N(C(C)=O)c1c(C)cc(C)cc1-2. The number of aromatic nitrogens is 3. The molecule has 0 aliphatic carbocycles. The summed E-state index contributed by atoms with van der Waals surface area (Å²) in [5.74, 6) is 1.10. The van der Waals surface area contributed by atoms with E-state index in [9.17, 15) is 4.79 Å². The molecule has 0 saturated heterocycles. The lowest BCUT2D eigenvalue weighted by Gasteiger charge is -2.31. The highest BCUT2D eigenvalue weighted by molar-refractivity contribution is 7.99. The fraction of sp³-hybridized carbons (Fsp3) is 0.304. The Morgan fingerprint density at radius 1 is 1.16 bits per heavy atom. The van der Waals surface area contributed by atoms with Gasteiger partial charge in [-0.05, 0) is 49.6 Å². The average Bonchev–Trinajstić information content (AvgIpc) is 2.88. The van der Waals surface area contributed by atoms with Crippen LogP contribution >= 0.6 is 23.5 Å². The number of hydrogen-bond acceptors (Lipinski definition) is 7. The molecule has 1 aliphatic heterocycles. The Bertz CT molecular complexity index is 1140. The first-order valence-corrected chi connectivity index (χ1v) is 12.2. The van der Waals surface area contributed by atoms with Crippen LogP contribution in [0.3, 0.4) is 0 Å². The highest BCUT2D eigenvalue weighted by atomic mass is 32.2. The molecule has 0 fully saturated rings. The van der Waals surface area contributed by atoms with Gasteiger partial charge in [-0.15, -0.1) is 22.0 Å². The molecule has 4 rings (SSSR count). The third-order valence-corrected chi connectivity index (χ3v) is 6.51. The summed E-state index contributed by atoms with van der Waals surface area (Å²) in [4.78, 5) is 20.5. The number of ether oxygens (including phenoxy) is 1. The van der Waals surface area contributed by atoms with Crippen LogP contribution in [-0.4, -0.2) is 33.1 Å². The van der Waals surface area contributed by atoms with Crippen molar-refractivity contribution >= 4 is 35.1 Å². The smallest absolute Gasteiger partial charge is 0.247 e. The number of nitrogens with zero attached hydrogens (tertiary/aromatic N) is 4. The van der Waals surface area contributed by atoms with Crippen LogP contribution in [0.25, 0.3) is 11.3 Å². The summed E-state index contributed by atoms with van der Waals surface area (Å²) in [5, 5.41) is 9.31. The number of fused-ring (bicyclic) bond motifs is 3. The van der Waals surface area contributed by atoms with Gasteiger partial charge in [0.15, 0.2) is 5.69 Å². The van der Waals surface area contributed by atoms with Gasteiger partial charge in [0, 0.05) is 22.9 Å². The van der Waals surface area contributed by atoms with Crippen molar-refractivity contribution < 1.29 is 9.53 Å². The van der Waals surface area contributed by atoms with Crippen molar-refractivity contribution in [2.75, 3.05) is 16.9 Å². The van der Waals surface area contributed by atoms with Gasteiger partial charge >= 0.3 is 0 Å². The summed E-state index contributed by atoms with van der Waals surface area (Å²) >= 11 is 3.17. The fourth-order valence-corrected chi connectivity index (χ4v) is 4.70. The van der Waals surface area contributed by atoms with Crippen molar-refractivity contribution in [2.45, 2.75) is 44.0 Å². The van der Waals surface area contributed by atoms with Crippen LogP contribution in [0, 0.1) is 13.8 Å². The lowest BCUT2D eigenvalue weighted by atomic mass is 10.00. The van der Waals surface area contributed by atoms with Crippen molar-refractivity contribution in [2.24, 2.45) is 0 Å². The molecule has 0 unspecified atom stereocenters. The van der Waals surface area contributed by atoms with Gasteiger partial charge < -0.3 is 4.74 Å². The van der Waals surface area contributed by atoms with Gasteiger partial charge in [-0.3, -0.25) is 9.69 Å². The van der Waals surface area contributed by atoms with E-state index in [-0.39, 0.29) is 5.91 Å². The highest BCUT2D eigenvalue weighted by Gasteiger charge is 2.35. The number of anilines is 1. The molecule has 6 nitrogen and oxygen atoms in total. The molecule has 1 aliphatic rings. The Morgan fingerprint density at radius 2 is 1.90 bits per heavy atom. The summed E-state index contributed by atoms with van der Waals surface area (Å²) in [5.41, 5.74) is 5.05. The van der Waals surface area contributed by atoms with Crippen molar-refractivity contribution in [3.63, 3.8) is 0 Å². The summed E-state index contributed by atoms with van der Waals surface area (Å²) in [7, 11) is 0. The molecule has 3 aromatic rings. The number of carbonyl (C=O) groups excluding carboxylic acids is 1. The van der Waals surface area contributed by atoms with Gasteiger partial charge in [0.25, 0.3) is 0 Å². The van der Waals surface area contributed by atoms with Crippen LogP contribution in [0.15, 0.2) is 46.5 Å². The molecule has 1 atom stereocenters. The first-order chi connectivity index (χ1) is 14.9. The van der Waals surface area contributed by atoms with E-state index in [2.05, 4.69) is 21.2 Å². The maximum absolute atomic E-state index is 13.0. The maximum Gasteiger partial charge on any atom is 0.247 e. The van der Waals surface area contributed by atoms with Crippen molar-refractivity contribution in [1.82, 2.24) is 15.2 Å². The van der Waals surface area contributed by atoms with E-state index < -0.39 is 6.23 Å². The molecular formula is C23H24N4O2S2. The lowest BCUT2D eigenvalue weighted by molar-refractivity contribution is -0.118. The van der Waals surface area contributed by atoms with Crippen LogP contribution in [0.5, 0.6) is 5.88 Å². The predicted molar refractivity (Wildman–Crippen MR) is 126 cm³/mol. The van der Waals surface area contributed by atoms with Gasteiger partial charge in [-0.1, -0.05) is 42.4 Å². The van der Waals surface area contributed by atoms with Crippen molar-refractivity contribution in [3.8, 4) is 17.1 Å². The van der Waals surface area contributed by atoms with Gasteiger partial charge in [0.2, 0.25) is 23.2 Å². The van der Waals surface area contributed by atoms with E-state index >= 15 is 0 Å². The number of hydrogen-bond donors (Lipinski definition) is 0. The Balaban J connectivity index is 1.98. The predicted octanol–water partition coefficient (Wildman–Crippen LogP) is 5.43. The molecule has 1 aromatic heterocycles. The largest absolute Gasteiger partial charge is 0.447 e. The number of rotatable bonds is 4. The molecule has 0 radical (unpaired) electrons. The second-order valence-electron chi connectivity index (χ2n) is 7.29. The van der Waals surface area contributed by atoms with E-state index in [0.717, 1.165) is 38.6 Å². The standard InChI is InChI=1S/C23H24N4O2S2/c1-6-31-23-24-21-19(25-26-23)18-12-13(2)11-14(3)20(18)27(15(4)28)22(29-21)16-7-9-17(30-5)10-8-16/h7-12,22H,6H2,1-5H3/t22-/m1/s1. The normalized spacial score (nSPS) is 15.0. The Hall–Kier alpha value is -2.58. The number of benzene rings is 2. The van der Waals surface area contributed by atoms with Gasteiger partial charge in [0.05, 0.1) is 5.69 Å². The summed E-state index contributed by atoms with van der Waals surface area (Å²) in [6, 6.07) is 12.1. The molecule has 2 aromatic carbocycles. The van der Waals surface area contributed by atoms with Crippen LogP contribution in [-0.2, 0) is 4.79 Å². The van der Waals surface area contributed by atoms with Gasteiger partial charge in [0.1, 0.15) is 0 Å². The van der Waals surface area contributed by atoms with E-state index in [1.807, 2.05) is 57.4 Å². The van der Waals surface area contributed by atoms with Crippen LogP contribution < -0.4 is 9.64 Å². The molecule has 2 heterocycles. The van der Waals surface area contributed by atoms with Crippen molar-refractivity contribution in [3.05, 3.63) is 53.1 Å². The summed E-state index contributed by atoms with van der Waals surface area (Å²) < 4.78 is 6.43. The molecule has 8 heteroatoms. The molecule has 0 saturated carbocycles. The van der Waals surface area contributed by atoms with Crippen molar-refractivity contribution in [1.29, 1.82) is 0 Å². The molecule has 160 valence electrons. The molecule has 31 heavy (non-hydrogen) atoms. The Labute approximate surface area is 190 Å². The minimum atomic E-state index is -0.661. The molecular weight excluding hydrogens is 428 g/mol. The third kappa shape index (κ3) is 4.14. The average molecular weight is 453 g/mol. The summed E-state index contributed by atoms with van der Waals surface area (Å²) in [6.07, 6.45) is 1.37. The minimum absolute atomic E-state index is 0.115. The van der Waals surface area contributed by atoms with Gasteiger partial charge in [-0.2, -0.15) is 4.98 Å². The molecule has 0 spiro atoms. The number of amides is 1. The fourth-order valence-electron chi connectivity index (χ4n) is 3.78. The first kappa shape index (κ1) is 21.6. The van der Waals surface area contributed by atoms with E-state index in [4.69, 9.17) is 4.74 Å². The topological polar surface area (TPSA) is 68.2 Å². The van der Waals surface area contributed by atoms with Crippen LogP contribution in [0.2, 0.25) is 0 Å². The highest BCUT2D eigenvalue weighted by Crippen LogP contribution is 2.45. The van der Waals surface area contributed by atoms with Gasteiger partial charge in [-0.25, -0.2) is 0 Å². The molecule has 1 amide bonds. The Kier molecular flexibility index (Phi) is 6.20. The zero-order valence-corrected chi connectivity index (χ0v) is 19.8. The van der Waals surface area contributed by atoms with E-state index in [1.54, 1.807) is 23.6 Å². The van der Waals surface area contributed by atoms with Crippen LogP contribution in [0.1, 0.15) is 36.8 Å². The van der Waals surface area contributed by atoms with E-state index in [1.165, 1.54) is 11.8 Å². The zero-order valence-electron chi connectivity index (χ0n) is 18.2. The lowest BCUT2D eigenvalue weighted by Crippen LogP contribution is -2.36. The third-order valence-electron chi connectivity index (χ3n) is 5.05. The Morgan fingerprint density at radius 3 is 2.55 bits per heavy atom. The quantitative estimate of drug-likeness (QED) is 0.489. The zero-order chi connectivity index (χ0) is 22.1. The second kappa shape index (κ2) is 8.88. The minimum Gasteiger partial charge on any atom is -0.447 e. The first-order valence-electron chi connectivity index (χ1n) is 10.0. The molecule has 0 bridgehead atoms. The summed E-state index contributed by atoms with van der Waals surface area (Å²) in [6.45, 7) is 7.62.